The summed E-state index contributed by atoms with van der Waals surface area (Å²) in [7, 11) is 0. The molecule has 1 aromatic heterocycles. The van der Waals surface area contributed by atoms with Gasteiger partial charge in [0.15, 0.2) is 0 Å². The van der Waals surface area contributed by atoms with Crippen LogP contribution in [0.25, 0.3) is 11.0 Å². The van der Waals surface area contributed by atoms with Crippen LogP contribution in [0, 0.1) is 5.82 Å². The lowest BCUT2D eigenvalue weighted by Gasteiger charge is -2.15. The van der Waals surface area contributed by atoms with Gasteiger partial charge in [-0.15, -0.1) is 0 Å². The molecule has 0 saturated heterocycles. The van der Waals surface area contributed by atoms with Crippen LogP contribution in [0.4, 0.5) is 4.39 Å². The van der Waals surface area contributed by atoms with Crippen molar-refractivity contribution in [3.63, 3.8) is 0 Å². The number of nitrogens with one attached hydrogen (secondary N) is 1. The summed E-state index contributed by atoms with van der Waals surface area (Å²) in [5, 5.41) is 1.67. The van der Waals surface area contributed by atoms with Gasteiger partial charge in [0.2, 0.25) is 0 Å². The smallest absolute Gasteiger partial charge is 0.134 e. The summed E-state index contributed by atoms with van der Waals surface area (Å²) in [6, 6.07) is 10.7. The molecule has 2 aromatic carbocycles. The Morgan fingerprint density at radius 2 is 1.90 bits per heavy atom. The van der Waals surface area contributed by atoms with E-state index in [0.717, 1.165) is 5.56 Å². The van der Waals surface area contributed by atoms with E-state index in [-0.39, 0.29) is 5.82 Å². The quantitative estimate of drug-likeness (QED) is 0.553. The van der Waals surface area contributed by atoms with Gasteiger partial charge in [0.1, 0.15) is 23.2 Å². The third kappa shape index (κ3) is 2.76. The predicted molar refractivity (Wildman–Crippen MR) is 81.8 cm³/mol. The molecule has 0 saturated carbocycles. The van der Waals surface area contributed by atoms with Gasteiger partial charge in [-0.2, -0.15) is 0 Å². The van der Waals surface area contributed by atoms with Gasteiger partial charge in [-0.3, -0.25) is 5.84 Å². The average Bonchev–Trinajstić information content (AvgIpc) is 2.84. The first-order valence-electron chi connectivity index (χ1n) is 6.18. The summed E-state index contributed by atoms with van der Waals surface area (Å²) in [5.41, 5.74) is 3.96. The lowest BCUT2D eigenvalue weighted by atomic mass is 10.0. The Labute approximate surface area is 130 Å². The van der Waals surface area contributed by atoms with E-state index in [1.54, 1.807) is 30.3 Å². The highest BCUT2D eigenvalue weighted by atomic mass is 35.5. The molecule has 6 heteroatoms. The van der Waals surface area contributed by atoms with Crippen LogP contribution in [-0.2, 0) is 0 Å². The zero-order valence-corrected chi connectivity index (χ0v) is 12.3. The van der Waals surface area contributed by atoms with Gasteiger partial charge in [0.25, 0.3) is 0 Å². The highest BCUT2D eigenvalue weighted by Crippen LogP contribution is 2.33. The first-order chi connectivity index (χ1) is 10.1. The van der Waals surface area contributed by atoms with Gasteiger partial charge < -0.3 is 4.42 Å². The van der Waals surface area contributed by atoms with Crippen molar-refractivity contribution in [1.29, 1.82) is 0 Å². The van der Waals surface area contributed by atoms with Crippen LogP contribution in [0.3, 0.4) is 0 Å². The van der Waals surface area contributed by atoms with Crippen molar-refractivity contribution in [1.82, 2.24) is 5.43 Å². The lowest BCUT2D eigenvalue weighted by molar-refractivity contribution is 0.477. The second-order valence-corrected chi connectivity index (χ2v) is 5.44. The Balaban J connectivity index is 2.09. The minimum atomic E-state index is -0.453. The van der Waals surface area contributed by atoms with E-state index < -0.39 is 6.04 Å². The molecule has 3 N–H and O–H groups in total. The molecule has 0 aliphatic rings. The number of nitrogens with two attached hydrogens (primary N) is 1. The van der Waals surface area contributed by atoms with E-state index in [2.05, 4.69) is 5.43 Å². The summed E-state index contributed by atoms with van der Waals surface area (Å²) in [6.07, 6.45) is 0. The molecule has 0 fully saturated rings. The largest absolute Gasteiger partial charge is 0.459 e. The maximum absolute atomic E-state index is 13.2. The molecule has 0 spiro atoms. The molecule has 0 aliphatic heterocycles. The van der Waals surface area contributed by atoms with E-state index in [9.17, 15) is 4.39 Å². The van der Waals surface area contributed by atoms with Crippen molar-refractivity contribution in [2.75, 3.05) is 0 Å². The first kappa shape index (κ1) is 14.4. The standard InChI is InChI=1S/C15H11Cl2FN2O/c16-9-1-3-11(12(17)7-9)15(20-19)14-6-8-5-10(18)2-4-13(8)21-14/h1-7,15,20H,19H2. The molecule has 0 bridgehead atoms. The Morgan fingerprint density at radius 3 is 2.62 bits per heavy atom. The topological polar surface area (TPSA) is 51.2 Å². The van der Waals surface area contributed by atoms with E-state index in [1.165, 1.54) is 12.1 Å². The van der Waals surface area contributed by atoms with Crippen molar-refractivity contribution in [2.45, 2.75) is 6.04 Å². The zero-order valence-electron chi connectivity index (χ0n) is 10.7. The van der Waals surface area contributed by atoms with Gasteiger partial charge in [-0.25, -0.2) is 9.82 Å². The third-order valence-electron chi connectivity index (χ3n) is 3.22. The fourth-order valence-corrected chi connectivity index (χ4v) is 2.76. The molecule has 3 aromatic rings. The molecular weight excluding hydrogens is 314 g/mol. The monoisotopic (exact) mass is 324 g/mol. The van der Waals surface area contributed by atoms with Gasteiger partial charge in [0.05, 0.1) is 0 Å². The highest BCUT2D eigenvalue weighted by molar-refractivity contribution is 6.35. The summed E-state index contributed by atoms with van der Waals surface area (Å²) in [6.45, 7) is 0. The van der Waals surface area contributed by atoms with Crippen LogP contribution in [0.15, 0.2) is 46.9 Å². The molecule has 3 nitrogen and oxygen atoms in total. The fourth-order valence-electron chi connectivity index (χ4n) is 2.24. The second-order valence-electron chi connectivity index (χ2n) is 4.60. The molecule has 108 valence electrons. The predicted octanol–water partition coefficient (Wildman–Crippen LogP) is 4.43. The van der Waals surface area contributed by atoms with E-state index >= 15 is 0 Å². The molecule has 3 rings (SSSR count). The molecule has 0 radical (unpaired) electrons. The number of fused-ring (bicyclic) bond motifs is 1. The van der Waals surface area contributed by atoms with Crippen LogP contribution < -0.4 is 11.3 Å². The summed E-state index contributed by atoms with van der Waals surface area (Å²) < 4.78 is 19.0. The lowest BCUT2D eigenvalue weighted by Crippen LogP contribution is -2.28. The fraction of sp³-hybridized carbons (Fsp3) is 0.0667. The normalized spacial score (nSPS) is 12.8. The van der Waals surface area contributed by atoms with E-state index in [1.807, 2.05) is 0 Å². The van der Waals surface area contributed by atoms with Crippen molar-refractivity contribution in [3.8, 4) is 0 Å². The highest BCUT2D eigenvalue weighted by Gasteiger charge is 2.20. The Morgan fingerprint density at radius 1 is 1.10 bits per heavy atom. The van der Waals surface area contributed by atoms with E-state index in [4.69, 9.17) is 33.5 Å². The number of benzene rings is 2. The number of halogens is 3. The van der Waals surface area contributed by atoms with Crippen LogP contribution >= 0.6 is 23.2 Å². The van der Waals surface area contributed by atoms with E-state index in [0.29, 0.717) is 26.8 Å². The molecule has 0 aliphatic carbocycles. The number of hydrogen-bond acceptors (Lipinski definition) is 3. The van der Waals surface area contributed by atoms with Crippen molar-refractivity contribution >= 4 is 34.2 Å². The van der Waals surface area contributed by atoms with Gasteiger partial charge in [-0.1, -0.05) is 29.3 Å². The minimum absolute atomic E-state index is 0.323. The van der Waals surface area contributed by atoms with Crippen molar-refractivity contribution in [3.05, 3.63) is 69.7 Å². The molecule has 21 heavy (non-hydrogen) atoms. The maximum atomic E-state index is 13.2. The van der Waals surface area contributed by atoms with Crippen LogP contribution in [-0.4, -0.2) is 0 Å². The Hall–Kier alpha value is -1.59. The first-order valence-corrected chi connectivity index (χ1v) is 6.94. The number of hydrazine groups is 1. The summed E-state index contributed by atoms with van der Waals surface area (Å²) >= 11 is 12.1. The van der Waals surface area contributed by atoms with Crippen molar-refractivity contribution in [2.24, 2.45) is 5.84 Å². The maximum Gasteiger partial charge on any atom is 0.134 e. The van der Waals surface area contributed by atoms with Gasteiger partial charge >= 0.3 is 0 Å². The van der Waals surface area contributed by atoms with Crippen LogP contribution in [0.5, 0.6) is 0 Å². The minimum Gasteiger partial charge on any atom is -0.459 e. The number of furan rings is 1. The molecule has 1 heterocycles. The molecular formula is C15H11Cl2FN2O. The van der Waals surface area contributed by atoms with Crippen molar-refractivity contribution < 1.29 is 8.81 Å². The zero-order chi connectivity index (χ0) is 15.0. The Bertz CT molecular complexity index is 803. The van der Waals surface area contributed by atoms with Gasteiger partial charge in [0, 0.05) is 15.4 Å². The Kier molecular flexibility index (Phi) is 3.87. The summed E-state index contributed by atoms with van der Waals surface area (Å²) in [5.74, 6) is 5.84. The SMILES string of the molecule is NNC(c1cc2cc(F)ccc2o1)c1ccc(Cl)cc1Cl. The molecule has 0 amide bonds. The van der Waals surface area contributed by atoms with Gasteiger partial charge in [-0.05, 0) is 42.0 Å². The summed E-state index contributed by atoms with van der Waals surface area (Å²) in [4.78, 5) is 0. The van der Waals surface area contributed by atoms with Crippen LogP contribution in [0.2, 0.25) is 10.0 Å². The number of rotatable bonds is 3. The third-order valence-corrected chi connectivity index (χ3v) is 3.78. The average molecular weight is 325 g/mol. The molecule has 1 atom stereocenters. The molecule has 1 unspecified atom stereocenters. The van der Waals surface area contributed by atoms with Crippen LogP contribution in [0.1, 0.15) is 17.4 Å². The second kappa shape index (κ2) is 5.66. The number of hydrogen-bond donors (Lipinski definition) is 2.